The van der Waals surface area contributed by atoms with Gasteiger partial charge in [0, 0.05) is 19.3 Å². The first-order valence-corrected chi connectivity index (χ1v) is 9.61. The number of likely N-dealkylation sites (tertiary alicyclic amines) is 1. The lowest BCUT2D eigenvalue weighted by atomic mass is 9.96. The number of hydrogen-bond donors (Lipinski definition) is 1. The first-order chi connectivity index (χ1) is 12.8. The van der Waals surface area contributed by atoms with Gasteiger partial charge in [-0.2, -0.15) is 5.10 Å². The largest absolute Gasteiger partial charge is 0.489 e. The van der Waals surface area contributed by atoms with Gasteiger partial charge in [0.1, 0.15) is 24.5 Å². The monoisotopic (exact) mass is 391 g/mol. The molecule has 146 valence electrons. The fraction of sp³-hybridized carbons (Fsp3) is 0.500. The van der Waals surface area contributed by atoms with Crippen molar-refractivity contribution in [1.29, 1.82) is 0 Å². The van der Waals surface area contributed by atoms with Crippen LogP contribution in [0, 0.1) is 13.8 Å². The summed E-state index contributed by atoms with van der Waals surface area (Å²) in [4.78, 5) is 14.3. The summed E-state index contributed by atoms with van der Waals surface area (Å²) in [7, 11) is 0. The average molecular weight is 392 g/mol. The third kappa shape index (κ3) is 5.23. The van der Waals surface area contributed by atoms with E-state index in [1.807, 2.05) is 32.2 Å². The molecule has 0 saturated carbocycles. The van der Waals surface area contributed by atoms with Crippen LogP contribution in [0.1, 0.15) is 30.4 Å². The number of benzene rings is 1. The molecular formula is C20H26ClN3O3. The van der Waals surface area contributed by atoms with Crippen molar-refractivity contribution in [3.05, 3.63) is 46.7 Å². The van der Waals surface area contributed by atoms with Crippen LogP contribution in [-0.4, -0.2) is 51.0 Å². The molecule has 1 aromatic heterocycles. The second-order valence-electron chi connectivity index (χ2n) is 7.40. The van der Waals surface area contributed by atoms with Crippen molar-refractivity contribution in [2.75, 3.05) is 19.7 Å². The Morgan fingerprint density at radius 2 is 2.11 bits per heavy atom. The normalized spacial score (nSPS) is 20.4. The number of aryl methyl sites for hydroxylation is 2. The lowest BCUT2D eigenvalue weighted by molar-refractivity contribution is -0.132. The van der Waals surface area contributed by atoms with Crippen LogP contribution >= 0.6 is 11.6 Å². The molecule has 0 radical (unpaired) electrons. The van der Waals surface area contributed by atoms with Crippen LogP contribution in [0.5, 0.6) is 5.75 Å². The highest BCUT2D eigenvalue weighted by Gasteiger charge is 2.32. The topological polar surface area (TPSA) is 67.6 Å². The molecule has 0 aliphatic carbocycles. The molecule has 27 heavy (non-hydrogen) atoms. The van der Waals surface area contributed by atoms with Crippen LogP contribution in [0.3, 0.4) is 0 Å². The summed E-state index contributed by atoms with van der Waals surface area (Å²) in [6, 6.07) is 5.57. The number of nitrogens with zero attached hydrogens (tertiary/aromatic N) is 3. The molecule has 1 atom stereocenters. The minimum Gasteiger partial charge on any atom is -0.489 e. The van der Waals surface area contributed by atoms with Crippen molar-refractivity contribution < 1.29 is 14.6 Å². The number of rotatable bonds is 5. The van der Waals surface area contributed by atoms with E-state index in [-0.39, 0.29) is 19.1 Å². The summed E-state index contributed by atoms with van der Waals surface area (Å²) in [6.07, 6.45) is 5.38. The van der Waals surface area contributed by atoms with Gasteiger partial charge >= 0.3 is 0 Å². The third-order valence-corrected chi connectivity index (χ3v) is 5.22. The van der Waals surface area contributed by atoms with Gasteiger partial charge in [0.15, 0.2) is 0 Å². The zero-order chi connectivity index (χ0) is 19.4. The number of aliphatic hydroxyl groups is 1. The smallest absolute Gasteiger partial charge is 0.244 e. The van der Waals surface area contributed by atoms with Crippen molar-refractivity contribution in [2.45, 2.75) is 45.3 Å². The highest BCUT2D eigenvalue weighted by atomic mass is 35.5. The molecule has 0 spiro atoms. The molecule has 6 nitrogen and oxygen atoms in total. The molecule has 2 heterocycles. The molecule has 1 aliphatic heterocycles. The fourth-order valence-electron chi connectivity index (χ4n) is 3.30. The van der Waals surface area contributed by atoms with E-state index in [1.165, 1.54) is 0 Å². The number of ether oxygens (including phenoxy) is 1. The summed E-state index contributed by atoms with van der Waals surface area (Å²) in [5.41, 5.74) is 1.11. The Morgan fingerprint density at radius 1 is 1.30 bits per heavy atom. The Hall–Kier alpha value is -2.05. The zero-order valence-corrected chi connectivity index (χ0v) is 16.6. The molecular weight excluding hydrogens is 366 g/mol. The van der Waals surface area contributed by atoms with E-state index in [2.05, 4.69) is 5.10 Å². The minimum absolute atomic E-state index is 0.0185. The van der Waals surface area contributed by atoms with Crippen LogP contribution in [0.25, 0.3) is 0 Å². The first-order valence-electron chi connectivity index (χ1n) is 9.23. The number of carbonyl (C=O) groups is 1. The van der Waals surface area contributed by atoms with Gasteiger partial charge in [-0.15, -0.1) is 0 Å². The number of hydrogen-bond acceptors (Lipinski definition) is 4. The van der Waals surface area contributed by atoms with Crippen LogP contribution in [-0.2, 0) is 11.3 Å². The Balaban J connectivity index is 1.56. The third-order valence-electron chi connectivity index (χ3n) is 4.91. The van der Waals surface area contributed by atoms with Gasteiger partial charge in [-0.05, 0) is 56.4 Å². The summed E-state index contributed by atoms with van der Waals surface area (Å²) in [5.74, 6) is 0.598. The zero-order valence-electron chi connectivity index (χ0n) is 15.8. The van der Waals surface area contributed by atoms with Crippen LogP contribution in [0.2, 0.25) is 5.02 Å². The average Bonchev–Trinajstić information content (AvgIpc) is 2.92. The van der Waals surface area contributed by atoms with Gasteiger partial charge in [0.2, 0.25) is 5.91 Å². The predicted octanol–water partition coefficient (Wildman–Crippen LogP) is 2.98. The Kier molecular flexibility index (Phi) is 6.07. The summed E-state index contributed by atoms with van der Waals surface area (Å²) in [5, 5.41) is 15.6. The highest BCUT2D eigenvalue weighted by Crippen LogP contribution is 2.29. The molecule has 3 rings (SSSR count). The second-order valence-corrected chi connectivity index (χ2v) is 7.80. The fourth-order valence-corrected chi connectivity index (χ4v) is 3.47. The van der Waals surface area contributed by atoms with Gasteiger partial charge < -0.3 is 14.7 Å². The maximum Gasteiger partial charge on any atom is 0.244 e. The van der Waals surface area contributed by atoms with E-state index in [9.17, 15) is 9.90 Å². The van der Waals surface area contributed by atoms with Crippen molar-refractivity contribution in [1.82, 2.24) is 14.7 Å². The van der Waals surface area contributed by atoms with E-state index in [1.54, 1.807) is 21.8 Å². The Bertz CT molecular complexity index is 808. The molecule has 1 aliphatic rings. The molecule has 1 unspecified atom stereocenters. The number of amides is 1. The quantitative estimate of drug-likeness (QED) is 0.850. The Labute approximate surface area is 164 Å². The summed E-state index contributed by atoms with van der Waals surface area (Å²) in [6.45, 7) is 5.43. The predicted molar refractivity (Wildman–Crippen MR) is 104 cm³/mol. The van der Waals surface area contributed by atoms with E-state index in [0.717, 1.165) is 17.5 Å². The lowest BCUT2D eigenvalue weighted by Crippen LogP contribution is -2.39. The maximum atomic E-state index is 12.5. The van der Waals surface area contributed by atoms with Crippen molar-refractivity contribution in [3.8, 4) is 5.75 Å². The SMILES string of the molecule is Cc1ccc(Cl)c(OCC2(O)CCCN(C(=O)Cn3cc(C)cn3)CC2)c1. The van der Waals surface area contributed by atoms with E-state index in [4.69, 9.17) is 16.3 Å². The van der Waals surface area contributed by atoms with Gasteiger partial charge in [-0.25, -0.2) is 0 Å². The molecule has 7 heteroatoms. The van der Waals surface area contributed by atoms with Crippen molar-refractivity contribution >= 4 is 17.5 Å². The molecule has 1 amide bonds. The van der Waals surface area contributed by atoms with E-state index in [0.29, 0.717) is 36.7 Å². The van der Waals surface area contributed by atoms with Crippen LogP contribution in [0.4, 0.5) is 0 Å². The number of halogens is 1. The van der Waals surface area contributed by atoms with Crippen LogP contribution in [0.15, 0.2) is 30.6 Å². The van der Waals surface area contributed by atoms with Gasteiger partial charge in [-0.3, -0.25) is 9.48 Å². The van der Waals surface area contributed by atoms with E-state index < -0.39 is 5.60 Å². The number of aromatic nitrogens is 2. The maximum absolute atomic E-state index is 12.5. The van der Waals surface area contributed by atoms with Gasteiger partial charge in [0.05, 0.1) is 11.2 Å². The van der Waals surface area contributed by atoms with Gasteiger partial charge in [-0.1, -0.05) is 17.7 Å². The molecule has 1 aromatic carbocycles. The van der Waals surface area contributed by atoms with Crippen molar-refractivity contribution in [3.63, 3.8) is 0 Å². The molecule has 1 fully saturated rings. The van der Waals surface area contributed by atoms with Gasteiger partial charge in [0.25, 0.3) is 0 Å². The first kappa shape index (κ1) is 19.7. The minimum atomic E-state index is -0.968. The summed E-state index contributed by atoms with van der Waals surface area (Å²) >= 11 is 6.17. The molecule has 2 aromatic rings. The molecule has 0 bridgehead atoms. The molecule has 1 N–H and O–H groups in total. The summed E-state index contributed by atoms with van der Waals surface area (Å²) < 4.78 is 7.46. The highest BCUT2D eigenvalue weighted by molar-refractivity contribution is 6.32. The van der Waals surface area contributed by atoms with E-state index >= 15 is 0 Å². The number of carbonyl (C=O) groups excluding carboxylic acids is 1. The Morgan fingerprint density at radius 3 is 2.85 bits per heavy atom. The lowest BCUT2D eigenvalue weighted by Gasteiger charge is -2.27. The van der Waals surface area contributed by atoms with Crippen molar-refractivity contribution in [2.24, 2.45) is 0 Å². The standard InChI is InChI=1S/C20H26ClN3O3/c1-15-4-5-17(21)18(10-15)27-14-20(26)6-3-8-23(9-7-20)19(25)13-24-12-16(2)11-22-24/h4-5,10-12,26H,3,6-9,13-14H2,1-2H3. The second kappa shape index (κ2) is 8.31. The molecule has 1 saturated heterocycles. The van der Waals surface area contributed by atoms with Crippen LogP contribution < -0.4 is 4.74 Å².